The van der Waals surface area contributed by atoms with E-state index in [2.05, 4.69) is 20.5 Å². The Kier molecular flexibility index (Phi) is 3.83. The zero-order chi connectivity index (χ0) is 14.7. The lowest BCUT2D eigenvalue weighted by atomic mass is 10.2. The molecule has 0 amide bonds. The molecule has 2 heterocycles. The number of aromatic nitrogens is 5. The van der Waals surface area contributed by atoms with Crippen LogP contribution in [0.3, 0.4) is 0 Å². The molecule has 0 aliphatic rings. The van der Waals surface area contributed by atoms with Crippen LogP contribution in [0, 0.1) is 6.92 Å². The lowest BCUT2D eigenvalue weighted by Gasteiger charge is -2.05. The molecule has 2 aromatic heterocycles. The SMILES string of the molecule is Cc1cccnc1CS(=O)c1nnnn1-c1ccccc1. The molecule has 7 heteroatoms. The monoisotopic (exact) mass is 299 g/mol. The second kappa shape index (κ2) is 5.92. The highest BCUT2D eigenvalue weighted by molar-refractivity contribution is 7.84. The molecule has 0 spiro atoms. The number of rotatable bonds is 4. The van der Waals surface area contributed by atoms with Crippen LogP contribution in [-0.4, -0.2) is 29.4 Å². The van der Waals surface area contributed by atoms with Gasteiger partial charge in [-0.25, -0.2) is 0 Å². The molecule has 1 aromatic carbocycles. The van der Waals surface area contributed by atoms with Gasteiger partial charge >= 0.3 is 0 Å². The lowest BCUT2D eigenvalue weighted by molar-refractivity contribution is 0.665. The molecule has 0 bridgehead atoms. The van der Waals surface area contributed by atoms with E-state index in [1.54, 1.807) is 6.20 Å². The molecule has 3 aromatic rings. The third kappa shape index (κ3) is 2.87. The van der Waals surface area contributed by atoms with Gasteiger partial charge in [-0.2, -0.15) is 4.68 Å². The number of aryl methyl sites for hydroxylation is 1. The summed E-state index contributed by atoms with van der Waals surface area (Å²) >= 11 is 0. The van der Waals surface area contributed by atoms with E-state index in [-0.39, 0.29) is 0 Å². The first-order valence-electron chi connectivity index (χ1n) is 6.38. The summed E-state index contributed by atoms with van der Waals surface area (Å²) in [7, 11) is -1.36. The highest BCUT2D eigenvalue weighted by Gasteiger charge is 2.17. The Morgan fingerprint density at radius 2 is 1.95 bits per heavy atom. The number of tetrazole rings is 1. The Hall–Kier alpha value is -2.41. The van der Waals surface area contributed by atoms with Gasteiger partial charge in [-0.1, -0.05) is 29.4 Å². The summed E-state index contributed by atoms with van der Waals surface area (Å²) in [6, 6.07) is 13.2. The van der Waals surface area contributed by atoms with Crippen molar-refractivity contribution in [2.45, 2.75) is 17.8 Å². The van der Waals surface area contributed by atoms with E-state index in [4.69, 9.17) is 0 Å². The average molecular weight is 299 g/mol. The summed E-state index contributed by atoms with van der Waals surface area (Å²) in [5.41, 5.74) is 2.58. The van der Waals surface area contributed by atoms with Crippen LogP contribution < -0.4 is 0 Å². The van der Waals surface area contributed by atoms with Crippen molar-refractivity contribution in [3.63, 3.8) is 0 Å². The summed E-state index contributed by atoms with van der Waals surface area (Å²) in [6.45, 7) is 1.94. The molecule has 0 N–H and O–H groups in total. The van der Waals surface area contributed by atoms with Gasteiger partial charge in [-0.15, -0.1) is 0 Å². The molecule has 0 aliphatic heterocycles. The average Bonchev–Trinajstić information content (AvgIpc) is 3.00. The smallest absolute Gasteiger partial charge is 0.244 e. The Morgan fingerprint density at radius 1 is 1.14 bits per heavy atom. The normalized spacial score (nSPS) is 12.2. The van der Waals surface area contributed by atoms with Crippen molar-refractivity contribution < 1.29 is 4.21 Å². The molecule has 0 aliphatic carbocycles. The van der Waals surface area contributed by atoms with Crippen molar-refractivity contribution in [2.24, 2.45) is 0 Å². The summed E-state index contributed by atoms with van der Waals surface area (Å²) in [5, 5.41) is 11.8. The van der Waals surface area contributed by atoms with E-state index in [9.17, 15) is 4.21 Å². The molecular formula is C14H13N5OS. The van der Waals surface area contributed by atoms with Crippen LogP contribution >= 0.6 is 0 Å². The predicted octanol–water partition coefficient (Wildman–Crippen LogP) is 1.67. The van der Waals surface area contributed by atoms with Crippen molar-refractivity contribution in [2.75, 3.05) is 0 Å². The molecule has 3 rings (SSSR count). The molecule has 0 saturated heterocycles. The van der Waals surface area contributed by atoms with E-state index in [1.807, 2.05) is 49.4 Å². The standard InChI is InChI=1S/C14H13N5OS/c1-11-6-5-9-15-13(11)10-21(20)14-16-17-18-19(14)12-7-3-2-4-8-12/h2-9H,10H2,1H3. The van der Waals surface area contributed by atoms with Crippen LogP contribution in [0.4, 0.5) is 0 Å². The first-order valence-corrected chi connectivity index (χ1v) is 7.70. The zero-order valence-electron chi connectivity index (χ0n) is 11.4. The third-order valence-corrected chi connectivity index (χ3v) is 4.23. The molecule has 106 valence electrons. The number of pyridine rings is 1. The van der Waals surface area contributed by atoms with Gasteiger partial charge in [-0.05, 0) is 41.1 Å². The summed E-state index contributed by atoms with van der Waals surface area (Å²) < 4.78 is 14.0. The Bertz CT molecular complexity index is 772. The van der Waals surface area contributed by atoms with Crippen LogP contribution in [0.15, 0.2) is 53.8 Å². The molecule has 0 radical (unpaired) electrons. The predicted molar refractivity (Wildman–Crippen MR) is 78.2 cm³/mol. The highest BCUT2D eigenvalue weighted by atomic mass is 32.2. The van der Waals surface area contributed by atoms with E-state index in [0.717, 1.165) is 16.9 Å². The third-order valence-electron chi connectivity index (χ3n) is 3.03. The highest BCUT2D eigenvalue weighted by Crippen LogP contribution is 2.14. The molecule has 6 nitrogen and oxygen atoms in total. The minimum atomic E-state index is -1.36. The first kappa shape index (κ1) is 13.6. The van der Waals surface area contributed by atoms with Crippen LogP contribution in [-0.2, 0) is 16.6 Å². The number of hydrogen-bond donors (Lipinski definition) is 0. The Labute approximate surface area is 124 Å². The molecule has 0 saturated carbocycles. The minimum Gasteiger partial charge on any atom is -0.260 e. The largest absolute Gasteiger partial charge is 0.260 e. The van der Waals surface area contributed by atoms with Crippen LogP contribution in [0.25, 0.3) is 5.69 Å². The topological polar surface area (TPSA) is 73.6 Å². The number of para-hydroxylation sites is 1. The van der Waals surface area contributed by atoms with E-state index in [0.29, 0.717) is 10.9 Å². The van der Waals surface area contributed by atoms with Crippen molar-refractivity contribution in [1.29, 1.82) is 0 Å². The van der Waals surface area contributed by atoms with E-state index in [1.165, 1.54) is 4.68 Å². The van der Waals surface area contributed by atoms with Gasteiger partial charge < -0.3 is 0 Å². The maximum atomic E-state index is 12.5. The fraction of sp³-hybridized carbons (Fsp3) is 0.143. The van der Waals surface area contributed by atoms with Gasteiger partial charge in [0.25, 0.3) is 0 Å². The fourth-order valence-electron chi connectivity index (χ4n) is 1.91. The Morgan fingerprint density at radius 3 is 2.71 bits per heavy atom. The van der Waals surface area contributed by atoms with E-state index < -0.39 is 10.8 Å². The van der Waals surface area contributed by atoms with Crippen LogP contribution in [0.1, 0.15) is 11.3 Å². The molecule has 21 heavy (non-hydrogen) atoms. The van der Waals surface area contributed by atoms with Crippen molar-refractivity contribution in [1.82, 2.24) is 25.2 Å². The van der Waals surface area contributed by atoms with Crippen molar-refractivity contribution in [3.8, 4) is 5.69 Å². The number of benzene rings is 1. The molecular weight excluding hydrogens is 286 g/mol. The van der Waals surface area contributed by atoms with Gasteiger partial charge in [0.2, 0.25) is 5.16 Å². The molecule has 0 fully saturated rings. The molecule has 1 atom stereocenters. The van der Waals surface area contributed by atoms with Gasteiger partial charge in [0.1, 0.15) is 0 Å². The zero-order valence-corrected chi connectivity index (χ0v) is 12.2. The van der Waals surface area contributed by atoms with Crippen LogP contribution in [0.5, 0.6) is 0 Å². The Balaban J connectivity index is 1.90. The second-order valence-corrected chi connectivity index (χ2v) is 5.81. The summed E-state index contributed by atoms with van der Waals surface area (Å²) in [5.74, 6) is 0.292. The second-order valence-electron chi connectivity index (χ2n) is 4.47. The summed E-state index contributed by atoms with van der Waals surface area (Å²) in [4.78, 5) is 4.26. The number of nitrogens with zero attached hydrogens (tertiary/aromatic N) is 5. The summed E-state index contributed by atoms with van der Waals surface area (Å²) in [6.07, 6.45) is 1.69. The first-order chi connectivity index (χ1) is 10.3. The fourth-order valence-corrected chi connectivity index (χ4v) is 3.05. The van der Waals surface area contributed by atoms with Crippen molar-refractivity contribution in [3.05, 3.63) is 59.9 Å². The maximum absolute atomic E-state index is 12.5. The van der Waals surface area contributed by atoms with Gasteiger partial charge in [0.05, 0.1) is 27.9 Å². The van der Waals surface area contributed by atoms with E-state index >= 15 is 0 Å². The number of hydrogen-bond acceptors (Lipinski definition) is 5. The van der Waals surface area contributed by atoms with Gasteiger partial charge in [0.15, 0.2) is 0 Å². The molecule has 1 unspecified atom stereocenters. The maximum Gasteiger partial charge on any atom is 0.244 e. The van der Waals surface area contributed by atoms with Crippen LogP contribution in [0.2, 0.25) is 0 Å². The van der Waals surface area contributed by atoms with Crippen molar-refractivity contribution >= 4 is 10.8 Å². The minimum absolute atomic E-state index is 0.292. The lowest BCUT2D eigenvalue weighted by Crippen LogP contribution is -2.08. The van der Waals surface area contributed by atoms with Gasteiger partial charge in [-0.3, -0.25) is 9.19 Å². The van der Waals surface area contributed by atoms with Gasteiger partial charge in [0, 0.05) is 6.20 Å². The quantitative estimate of drug-likeness (QED) is 0.732.